The topological polar surface area (TPSA) is 87.7 Å². The Labute approximate surface area is 208 Å². The van der Waals surface area contributed by atoms with Gasteiger partial charge in [-0.3, -0.25) is 9.59 Å². The standard InChI is InChI=1S/C15H15NO.C12H15NO3.C2H6/c1-11(17)14-9-8-13(10-15(14)16-2)12-6-4-3-5-7-12;14-8-9-7-11(1-2-12(9)15)16-10-3-5-13-6-4-10;1-2/h3-10,16H,1-2H3;1-2,7-8,10,13,15H,3-6H2;1-2H3. The number of aldehydes is 1. The predicted octanol–water partition coefficient (Wildman–Crippen LogP) is 5.96. The minimum absolute atomic E-state index is 0.00680. The van der Waals surface area contributed by atoms with E-state index in [1.54, 1.807) is 19.1 Å². The van der Waals surface area contributed by atoms with Gasteiger partial charge in [0.25, 0.3) is 0 Å². The number of phenols is 1. The number of ether oxygens (including phenoxy) is 1. The second kappa shape index (κ2) is 14.6. The molecule has 186 valence electrons. The van der Waals surface area contributed by atoms with Crippen LogP contribution < -0.4 is 15.4 Å². The molecule has 0 aliphatic carbocycles. The molecule has 3 aromatic carbocycles. The van der Waals surface area contributed by atoms with E-state index in [0.717, 1.165) is 48.3 Å². The van der Waals surface area contributed by atoms with Crippen LogP contribution in [-0.4, -0.2) is 43.4 Å². The Hall–Kier alpha value is -3.64. The lowest BCUT2D eigenvalue weighted by Crippen LogP contribution is -2.34. The van der Waals surface area contributed by atoms with Crippen molar-refractivity contribution in [3.8, 4) is 22.6 Å². The summed E-state index contributed by atoms with van der Waals surface area (Å²) in [5, 5.41) is 15.7. The number of ketones is 1. The maximum Gasteiger partial charge on any atom is 0.161 e. The van der Waals surface area contributed by atoms with Crippen LogP contribution in [0.1, 0.15) is 54.3 Å². The number of aromatic hydroxyl groups is 1. The first-order valence-electron chi connectivity index (χ1n) is 12.1. The van der Waals surface area contributed by atoms with Gasteiger partial charge in [0.05, 0.1) is 5.56 Å². The maximum absolute atomic E-state index is 11.4. The van der Waals surface area contributed by atoms with Crippen LogP contribution >= 0.6 is 0 Å². The molecule has 35 heavy (non-hydrogen) atoms. The molecular weight excluding hydrogens is 440 g/mol. The lowest BCUT2D eigenvalue weighted by Gasteiger charge is -2.23. The molecule has 1 saturated heterocycles. The fraction of sp³-hybridized carbons (Fsp3) is 0.310. The van der Waals surface area contributed by atoms with Gasteiger partial charge >= 0.3 is 0 Å². The zero-order chi connectivity index (χ0) is 25.6. The van der Waals surface area contributed by atoms with Gasteiger partial charge in [-0.25, -0.2) is 0 Å². The minimum atomic E-state index is -0.00680. The molecule has 1 heterocycles. The molecule has 3 N–H and O–H groups in total. The SMILES string of the molecule is CC.CNc1cc(-c2ccccc2)ccc1C(C)=O.O=Cc1cc(OC2CCNCC2)ccc1O. The summed E-state index contributed by atoms with van der Waals surface area (Å²) in [5.41, 5.74) is 4.14. The van der Waals surface area contributed by atoms with Gasteiger partial charge in [0.2, 0.25) is 0 Å². The van der Waals surface area contributed by atoms with Crippen molar-refractivity contribution in [3.05, 3.63) is 77.9 Å². The molecule has 6 heteroatoms. The molecular formula is C29H36N2O4. The summed E-state index contributed by atoms with van der Waals surface area (Å²) < 4.78 is 5.74. The van der Waals surface area contributed by atoms with Crippen LogP contribution in [0.3, 0.4) is 0 Å². The lowest BCUT2D eigenvalue weighted by atomic mass is 10.0. The highest BCUT2D eigenvalue weighted by molar-refractivity contribution is 6.00. The van der Waals surface area contributed by atoms with Crippen LogP contribution in [0.25, 0.3) is 11.1 Å². The molecule has 4 rings (SSSR count). The summed E-state index contributed by atoms with van der Waals surface area (Å²) >= 11 is 0. The number of rotatable bonds is 6. The van der Waals surface area contributed by atoms with Crippen LogP contribution in [0, 0.1) is 0 Å². The Morgan fingerprint density at radius 2 is 1.69 bits per heavy atom. The first kappa shape index (κ1) is 27.6. The number of benzene rings is 3. The average molecular weight is 477 g/mol. The third-order valence-electron chi connectivity index (χ3n) is 5.49. The van der Waals surface area contributed by atoms with Crippen LogP contribution in [0.5, 0.6) is 11.5 Å². The van der Waals surface area contributed by atoms with E-state index in [1.165, 1.54) is 6.07 Å². The summed E-state index contributed by atoms with van der Waals surface area (Å²) in [4.78, 5) is 22.1. The number of phenolic OH excluding ortho intramolecular Hbond substituents is 1. The van der Waals surface area contributed by atoms with E-state index >= 15 is 0 Å². The van der Waals surface area contributed by atoms with Crippen molar-refractivity contribution in [2.24, 2.45) is 0 Å². The van der Waals surface area contributed by atoms with E-state index in [1.807, 2.05) is 57.3 Å². The Balaban J connectivity index is 0.000000231. The molecule has 6 nitrogen and oxygen atoms in total. The summed E-state index contributed by atoms with van der Waals surface area (Å²) in [6.07, 6.45) is 2.77. The van der Waals surface area contributed by atoms with Gasteiger partial charge in [-0.05, 0) is 74.3 Å². The first-order valence-corrected chi connectivity index (χ1v) is 12.1. The Bertz CT molecular complexity index is 1080. The molecule has 0 bridgehead atoms. The fourth-order valence-electron chi connectivity index (χ4n) is 3.67. The number of carbonyl (C=O) groups is 2. The second-order valence-electron chi connectivity index (χ2n) is 7.84. The number of Topliss-reactive ketones (excluding diaryl/α,β-unsaturated/α-hetero) is 1. The molecule has 1 aliphatic heterocycles. The van der Waals surface area contributed by atoms with Gasteiger partial charge in [0, 0.05) is 18.3 Å². The van der Waals surface area contributed by atoms with E-state index in [-0.39, 0.29) is 23.2 Å². The van der Waals surface area contributed by atoms with Crippen molar-refractivity contribution in [2.45, 2.75) is 39.7 Å². The minimum Gasteiger partial charge on any atom is -0.507 e. The Kier molecular flexibility index (Phi) is 11.5. The van der Waals surface area contributed by atoms with E-state index < -0.39 is 0 Å². The third kappa shape index (κ3) is 8.26. The molecule has 0 radical (unpaired) electrons. The van der Waals surface area contributed by atoms with Gasteiger partial charge in [-0.15, -0.1) is 0 Å². The average Bonchev–Trinajstić information content (AvgIpc) is 2.92. The largest absolute Gasteiger partial charge is 0.507 e. The number of carbonyl (C=O) groups excluding carboxylic acids is 2. The third-order valence-corrected chi connectivity index (χ3v) is 5.49. The predicted molar refractivity (Wildman–Crippen MR) is 143 cm³/mol. The molecule has 1 fully saturated rings. The summed E-state index contributed by atoms with van der Waals surface area (Å²) in [7, 11) is 1.83. The van der Waals surface area contributed by atoms with E-state index in [4.69, 9.17) is 4.74 Å². The van der Waals surface area contributed by atoms with Crippen molar-refractivity contribution in [2.75, 3.05) is 25.5 Å². The highest BCUT2D eigenvalue weighted by Gasteiger charge is 2.15. The van der Waals surface area contributed by atoms with Gasteiger partial charge in [0.1, 0.15) is 17.6 Å². The van der Waals surface area contributed by atoms with Crippen molar-refractivity contribution < 1.29 is 19.4 Å². The molecule has 0 aromatic heterocycles. The maximum atomic E-state index is 11.4. The van der Waals surface area contributed by atoms with Gasteiger partial charge in [-0.2, -0.15) is 0 Å². The lowest BCUT2D eigenvalue weighted by molar-refractivity contribution is 0.101. The van der Waals surface area contributed by atoms with Crippen LogP contribution in [0.2, 0.25) is 0 Å². The molecule has 0 amide bonds. The van der Waals surface area contributed by atoms with Gasteiger partial charge < -0.3 is 20.5 Å². The molecule has 1 aliphatic rings. The van der Waals surface area contributed by atoms with Gasteiger partial charge in [-0.1, -0.05) is 50.2 Å². The summed E-state index contributed by atoms with van der Waals surface area (Å²) in [6, 6.07) is 20.7. The Morgan fingerprint density at radius 1 is 1.00 bits per heavy atom. The van der Waals surface area contributed by atoms with E-state index in [0.29, 0.717) is 12.0 Å². The smallest absolute Gasteiger partial charge is 0.161 e. The van der Waals surface area contributed by atoms with E-state index in [2.05, 4.69) is 22.8 Å². The number of anilines is 1. The highest BCUT2D eigenvalue weighted by atomic mass is 16.5. The molecule has 0 saturated carbocycles. The zero-order valence-corrected chi connectivity index (χ0v) is 21.0. The van der Waals surface area contributed by atoms with Crippen LogP contribution in [0.15, 0.2) is 66.7 Å². The summed E-state index contributed by atoms with van der Waals surface area (Å²) in [6.45, 7) is 7.50. The number of hydrogen-bond donors (Lipinski definition) is 3. The quantitative estimate of drug-likeness (QED) is 0.301. The highest BCUT2D eigenvalue weighted by Crippen LogP contribution is 2.26. The van der Waals surface area contributed by atoms with Crippen molar-refractivity contribution in [1.29, 1.82) is 0 Å². The monoisotopic (exact) mass is 476 g/mol. The molecule has 0 unspecified atom stereocenters. The van der Waals surface area contributed by atoms with E-state index in [9.17, 15) is 14.7 Å². The zero-order valence-electron chi connectivity index (χ0n) is 21.0. The molecule has 3 aromatic rings. The van der Waals surface area contributed by atoms with Crippen molar-refractivity contribution in [3.63, 3.8) is 0 Å². The second-order valence-corrected chi connectivity index (χ2v) is 7.84. The normalized spacial score (nSPS) is 12.8. The fourth-order valence-corrected chi connectivity index (χ4v) is 3.67. The molecule has 0 spiro atoms. The van der Waals surface area contributed by atoms with Crippen molar-refractivity contribution >= 4 is 17.8 Å². The first-order chi connectivity index (χ1) is 17.0. The number of piperidine rings is 1. The van der Waals surface area contributed by atoms with Crippen LogP contribution in [-0.2, 0) is 0 Å². The Morgan fingerprint density at radius 3 is 2.29 bits per heavy atom. The van der Waals surface area contributed by atoms with Gasteiger partial charge in [0.15, 0.2) is 12.1 Å². The molecule has 0 atom stereocenters. The summed E-state index contributed by atoms with van der Waals surface area (Å²) in [5.74, 6) is 0.716. The number of nitrogens with one attached hydrogen (secondary N) is 2. The van der Waals surface area contributed by atoms with Crippen molar-refractivity contribution in [1.82, 2.24) is 5.32 Å². The number of hydrogen-bond acceptors (Lipinski definition) is 6. The van der Waals surface area contributed by atoms with Crippen LogP contribution in [0.4, 0.5) is 5.69 Å².